The summed E-state index contributed by atoms with van der Waals surface area (Å²) in [5.41, 5.74) is 7.60. The predicted molar refractivity (Wildman–Crippen MR) is 135 cm³/mol. The summed E-state index contributed by atoms with van der Waals surface area (Å²) in [5, 5.41) is 5.39. The van der Waals surface area contributed by atoms with E-state index in [1.54, 1.807) is 30.3 Å². The first-order valence-electron chi connectivity index (χ1n) is 12.3. The molecule has 2 atom stereocenters. The minimum atomic E-state index is -1.17. The average molecular weight is 507 g/mol. The van der Waals surface area contributed by atoms with Gasteiger partial charge in [0.05, 0.1) is 17.8 Å². The standard InChI is InChI=1S/C27H30N4O6/c28-12-3-1-2-4-18-7-10-22-21(14-18)25(35)29-15-23(34)31(22)20-8-5-19(6-9-20)16-37-26(36)24-27(17-33,30-24)11-13-32/h5-10,13-14,17,24,30H,1-4,11-12,15-16,28H2,(H,29,35). The Bertz CT molecular complexity index is 1200. The van der Waals surface area contributed by atoms with E-state index in [1.165, 1.54) is 4.90 Å². The van der Waals surface area contributed by atoms with E-state index in [0.717, 1.165) is 31.2 Å². The second kappa shape index (κ2) is 11.4. The van der Waals surface area contributed by atoms with Crippen LogP contribution >= 0.6 is 0 Å². The number of amides is 2. The lowest BCUT2D eigenvalue weighted by Gasteiger charge is -2.23. The normalized spacial score (nSPS) is 20.5. The number of carbonyl (C=O) groups is 5. The van der Waals surface area contributed by atoms with Crippen LogP contribution in [0.15, 0.2) is 42.5 Å². The van der Waals surface area contributed by atoms with Crippen molar-refractivity contribution in [2.45, 2.75) is 50.3 Å². The first kappa shape index (κ1) is 26.2. The zero-order chi connectivity index (χ0) is 26.4. The SMILES string of the molecule is NCCCCCc1ccc2c(c1)C(=O)NCC(=O)N2c1ccc(COC(=O)C2NC2(C=O)CC=O)cc1. The summed E-state index contributed by atoms with van der Waals surface area (Å²) in [6.07, 6.45) is 4.81. The summed E-state index contributed by atoms with van der Waals surface area (Å²) in [7, 11) is 0. The molecule has 2 unspecified atom stereocenters. The van der Waals surface area contributed by atoms with Crippen LogP contribution in [0.1, 0.15) is 47.2 Å². The molecule has 10 heteroatoms. The number of hydrogen-bond donors (Lipinski definition) is 3. The second-order valence-electron chi connectivity index (χ2n) is 9.24. The van der Waals surface area contributed by atoms with E-state index in [2.05, 4.69) is 10.6 Å². The number of aldehydes is 2. The molecular weight excluding hydrogens is 476 g/mol. The number of rotatable bonds is 12. The van der Waals surface area contributed by atoms with Crippen molar-refractivity contribution in [2.24, 2.45) is 5.73 Å². The number of fused-ring (bicyclic) bond motifs is 1. The van der Waals surface area contributed by atoms with Gasteiger partial charge >= 0.3 is 5.97 Å². The Hall–Kier alpha value is -3.89. The van der Waals surface area contributed by atoms with Gasteiger partial charge in [-0.05, 0) is 61.2 Å². The molecule has 2 aromatic rings. The molecule has 0 aliphatic carbocycles. The Kier molecular flexibility index (Phi) is 8.10. The quantitative estimate of drug-likeness (QED) is 0.168. The van der Waals surface area contributed by atoms with Gasteiger partial charge in [0.1, 0.15) is 30.8 Å². The van der Waals surface area contributed by atoms with Crippen molar-refractivity contribution in [1.82, 2.24) is 10.6 Å². The number of nitrogens with one attached hydrogen (secondary N) is 2. The van der Waals surface area contributed by atoms with E-state index >= 15 is 0 Å². The summed E-state index contributed by atoms with van der Waals surface area (Å²) in [4.78, 5) is 61.4. The van der Waals surface area contributed by atoms with Crippen molar-refractivity contribution in [2.75, 3.05) is 18.0 Å². The van der Waals surface area contributed by atoms with Gasteiger partial charge in [0.2, 0.25) is 0 Å². The highest BCUT2D eigenvalue weighted by Crippen LogP contribution is 2.32. The number of esters is 1. The lowest BCUT2D eigenvalue weighted by atomic mass is 10.0. The number of benzene rings is 2. The summed E-state index contributed by atoms with van der Waals surface area (Å²) in [6, 6.07) is 11.6. The Morgan fingerprint density at radius 3 is 2.54 bits per heavy atom. The number of unbranched alkanes of at least 4 members (excludes halogenated alkanes) is 2. The zero-order valence-electron chi connectivity index (χ0n) is 20.4. The Morgan fingerprint density at radius 1 is 1.08 bits per heavy atom. The number of nitrogens with two attached hydrogens (primary N) is 1. The summed E-state index contributed by atoms with van der Waals surface area (Å²) in [5.74, 6) is -1.19. The van der Waals surface area contributed by atoms with E-state index in [0.29, 0.717) is 41.6 Å². The fourth-order valence-corrected chi connectivity index (χ4v) is 4.45. The van der Waals surface area contributed by atoms with E-state index in [-0.39, 0.29) is 31.4 Å². The second-order valence-corrected chi connectivity index (χ2v) is 9.24. The van der Waals surface area contributed by atoms with Gasteiger partial charge in [-0.15, -0.1) is 0 Å². The minimum absolute atomic E-state index is 0.0363. The third-order valence-electron chi connectivity index (χ3n) is 6.65. The van der Waals surface area contributed by atoms with Crippen LogP contribution < -0.4 is 21.3 Å². The molecular formula is C27H30N4O6. The Morgan fingerprint density at radius 2 is 1.84 bits per heavy atom. The van der Waals surface area contributed by atoms with Gasteiger partial charge in [-0.3, -0.25) is 24.6 Å². The van der Waals surface area contributed by atoms with Gasteiger partial charge in [0, 0.05) is 12.1 Å². The van der Waals surface area contributed by atoms with Gasteiger partial charge in [-0.2, -0.15) is 0 Å². The molecule has 4 rings (SSSR count). The first-order valence-corrected chi connectivity index (χ1v) is 12.3. The largest absolute Gasteiger partial charge is 0.460 e. The number of hydrogen-bond acceptors (Lipinski definition) is 8. The fourth-order valence-electron chi connectivity index (χ4n) is 4.45. The smallest absolute Gasteiger partial charge is 0.325 e. The molecule has 1 fully saturated rings. The third kappa shape index (κ3) is 5.76. The Labute approximate surface area is 214 Å². The van der Waals surface area contributed by atoms with Gasteiger partial charge in [-0.25, -0.2) is 0 Å². The first-order chi connectivity index (χ1) is 17.9. The molecule has 194 valence electrons. The molecule has 2 aliphatic rings. The maximum absolute atomic E-state index is 12.9. The number of nitrogens with zero attached hydrogens (tertiary/aromatic N) is 1. The molecule has 2 heterocycles. The molecule has 37 heavy (non-hydrogen) atoms. The van der Waals surface area contributed by atoms with Gasteiger partial charge in [0.25, 0.3) is 11.8 Å². The molecule has 0 radical (unpaired) electrons. The minimum Gasteiger partial charge on any atom is -0.460 e. The zero-order valence-corrected chi connectivity index (χ0v) is 20.4. The Balaban J connectivity index is 1.46. The summed E-state index contributed by atoms with van der Waals surface area (Å²) >= 11 is 0. The molecule has 2 amide bonds. The third-order valence-corrected chi connectivity index (χ3v) is 6.65. The highest BCUT2D eigenvalue weighted by Gasteiger charge is 2.59. The topological polar surface area (TPSA) is 158 Å². The van der Waals surface area contributed by atoms with Crippen LogP contribution in [0.25, 0.3) is 0 Å². The monoisotopic (exact) mass is 506 g/mol. The van der Waals surface area contributed by atoms with Crippen molar-refractivity contribution >= 4 is 41.7 Å². The highest BCUT2D eigenvalue weighted by atomic mass is 16.5. The van der Waals surface area contributed by atoms with Crippen LogP contribution in [0.5, 0.6) is 0 Å². The van der Waals surface area contributed by atoms with Gasteiger partial charge < -0.3 is 25.4 Å². The summed E-state index contributed by atoms with van der Waals surface area (Å²) < 4.78 is 5.29. The van der Waals surface area contributed by atoms with Crippen LogP contribution in [-0.2, 0) is 36.9 Å². The van der Waals surface area contributed by atoms with Crippen molar-refractivity contribution in [3.63, 3.8) is 0 Å². The van der Waals surface area contributed by atoms with Crippen LogP contribution in [0.4, 0.5) is 11.4 Å². The number of aryl methyl sites for hydroxylation is 1. The van der Waals surface area contributed by atoms with Crippen LogP contribution in [0.3, 0.4) is 0 Å². The fraction of sp³-hybridized carbons (Fsp3) is 0.370. The van der Waals surface area contributed by atoms with Crippen LogP contribution in [0.2, 0.25) is 0 Å². The molecule has 0 bridgehead atoms. The number of carbonyl (C=O) groups excluding carboxylic acids is 5. The van der Waals surface area contributed by atoms with Gasteiger partial charge in [-0.1, -0.05) is 24.6 Å². The van der Waals surface area contributed by atoms with Crippen molar-refractivity contribution in [3.05, 3.63) is 59.2 Å². The highest BCUT2D eigenvalue weighted by molar-refractivity contribution is 6.12. The molecule has 2 aromatic carbocycles. The molecule has 0 aromatic heterocycles. The molecule has 2 aliphatic heterocycles. The van der Waals surface area contributed by atoms with Crippen molar-refractivity contribution in [1.29, 1.82) is 0 Å². The predicted octanol–water partition coefficient (Wildman–Crippen LogP) is 1.31. The molecule has 0 spiro atoms. The van der Waals surface area contributed by atoms with Crippen LogP contribution in [0, 0.1) is 0 Å². The van der Waals surface area contributed by atoms with Crippen molar-refractivity contribution in [3.8, 4) is 0 Å². The molecule has 0 saturated carbocycles. The summed E-state index contributed by atoms with van der Waals surface area (Å²) in [6.45, 7) is 0.489. The van der Waals surface area contributed by atoms with Crippen molar-refractivity contribution < 1.29 is 28.7 Å². The van der Waals surface area contributed by atoms with E-state index in [9.17, 15) is 24.0 Å². The average Bonchev–Trinajstić information content (AvgIpc) is 3.66. The lowest BCUT2D eigenvalue weighted by Crippen LogP contribution is -2.33. The molecule has 4 N–H and O–H groups in total. The lowest BCUT2D eigenvalue weighted by molar-refractivity contribution is -0.145. The number of ether oxygens (including phenoxy) is 1. The molecule has 10 nitrogen and oxygen atoms in total. The number of anilines is 2. The maximum Gasteiger partial charge on any atom is 0.325 e. The van der Waals surface area contributed by atoms with Crippen LogP contribution in [-0.4, -0.2) is 55.0 Å². The van der Waals surface area contributed by atoms with Gasteiger partial charge in [0.15, 0.2) is 0 Å². The maximum atomic E-state index is 12.9. The van der Waals surface area contributed by atoms with E-state index in [4.69, 9.17) is 10.5 Å². The molecule has 1 saturated heterocycles. The van der Waals surface area contributed by atoms with E-state index in [1.807, 2.05) is 12.1 Å². The van der Waals surface area contributed by atoms with E-state index < -0.39 is 17.6 Å².